The number of aromatic nitrogens is 1. The van der Waals surface area contributed by atoms with E-state index in [9.17, 15) is 28.0 Å². The van der Waals surface area contributed by atoms with Gasteiger partial charge in [0.05, 0.1) is 27.6 Å². The molecule has 0 bridgehead atoms. The van der Waals surface area contributed by atoms with Gasteiger partial charge in [-0.05, 0) is 40.2 Å². The van der Waals surface area contributed by atoms with E-state index in [4.69, 9.17) is 5.21 Å². The van der Waals surface area contributed by atoms with E-state index < -0.39 is 39.4 Å². The Hall–Kier alpha value is -4.42. The molecule has 2 atom stereocenters. The number of aliphatic hydroxyl groups excluding tert-OH is 1. The summed E-state index contributed by atoms with van der Waals surface area (Å²) in [5.74, 6) is -1.91. The van der Waals surface area contributed by atoms with Crippen molar-refractivity contribution >= 4 is 38.0 Å². The molecule has 234 valence electrons. The van der Waals surface area contributed by atoms with Crippen molar-refractivity contribution in [3.05, 3.63) is 116 Å². The first kappa shape index (κ1) is 32.0. The van der Waals surface area contributed by atoms with E-state index >= 15 is 0 Å². The number of Topliss-reactive ketones (excluding diaryl/α,β-unsaturated/α-hetero) is 1. The van der Waals surface area contributed by atoms with Gasteiger partial charge in [-0.3, -0.25) is 14.5 Å². The highest BCUT2D eigenvalue weighted by Crippen LogP contribution is 2.44. The van der Waals surface area contributed by atoms with Gasteiger partial charge >= 0.3 is 0 Å². The third kappa shape index (κ3) is 5.99. The highest BCUT2D eigenvalue weighted by Gasteiger charge is 2.46. The van der Waals surface area contributed by atoms with Crippen molar-refractivity contribution in [1.29, 1.82) is 0 Å². The summed E-state index contributed by atoms with van der Waals surface area (Å²) < 4.78 is 26.7. The molecule has 0 saturated carbocycles. The molecule has 2 heterocycles. The van der Waals surface area contributed by atoms with Gasteiger partial charge in [-0.2, -0.15) is 0 Å². The molecule has 45 heavy (non-hydrogen) atoms. The third-order valence-electron chi connectivity index (χ3n) is 7.97. The molecule has 3 aromatic rings. The number of sulfone groups is 1. The summed E-state index contributed by atoms with van der Waals surface area (Å²) in [5.41, 5.74) is 2.61. The average Bonchev–Trinajstić information content (AvgIpc) is 3.60. The maximum Gasteiger partial charge on any atom is 0.296 e. The molecule has 1 aliphatic heterocycles. The Kier molecular flexibility index (Phi) is 8.41. The maximum absolute atomic E-state index is 14.0. The van der Waals surface area contributed by atoms with Crippen molar-refractivity contribution in [1.82, 2.24) is 4.98 Å². The summed E-state index contributed by atoms with van der Waals surface area (Å²) in [6.45, 7) is 10.2. The summed E-state index contributed by atoms with van der Waals surface area (Å²) in [4.78, 5) is 43.9. The lowest BCUT2D eigenvalue weighted by molar-refractivity contribution is -0.808. The van der Waals surface area contributed by atoms with Crippen LogP contribution in [0.4, 0.5) is 5.13 Å². The number of nitrogens with zero attached hydrogens (tertiary/aromatic N) is 3. The molecule has 0 radical (unpaired) electrons. The van der Waals surface area contributed by atoms with E-state index in [1.807, 2.05) is 38.1 Å². The standard InChI is InChI=1S/C33H33N3O7S2/c1-19(2)20-6-8-21(9-7-20)28-27(29(37)22-10-12-23(13-11-22)33(3,4)5)30(38)31(39)35(28)32-34-18-26(44-32)45(42,43)25-16-14-24(15-17-25)36(40)41/h6-14,16-19,24,28H,15H2,1-5H3,(H-,37,38,40,41)/p+1. The Labute approximate surface area is 265 Å². The predicted molar refractivity (Wildman–Crippen MR) is 170 cm³/mol. The molecule has 0 spiro atoms. The molecule has 0 fully saturated rings. The van der Waals surface area contributed by atoms with Crippen LogP contribution in [0.5, 0.6) is 0 Å². The van der Waals surface area contributed by atoms with E-state index in [1.165, 1.54) is 18.2 Å². The van der Waals surface area contributed by atoms with Gasteiger partial charge in [-0.1, -0.05) is 101 Å². The monoisotopic (exact) mass is 648 g/mol. The topological polar surface area (TPSA) is 145 Å². The van der Waals surface area contributed by atoms with Crippen LogP contribution in [-0.4, -0.2) is 46.4 Å². The lowest BCUT2D eigenvalue weighted by Gasteiger charge is -2.25. The second-order valence-corrected chi connectivity index (χ2v) is 15.5. The number of allylic oxidation sites excluding steroid dienone is 1. The number of rotatable bonds is 8. The number of anilines is 1. The normalized spacial score (nSPS) is 18.9. The fraction of sp³-hybridized carbons (Fsp3) is 0.303. The van der Waals surface area contributed by atoms with Crippen LogP contribution in [0.15, 0.2) is 93.4 Å². The van der Waals surface area contributed by atoms with Crippen molar-refractivity contribution in [2.45, 2.75) is 68.7 Å². The SMILES string of the molecule is CC(C)c1ccc(C2C(C(=O)c3ccc(C(C)(C)C)cc3)=C(O)C(=O)N2c2ncc(S(=O)(=O)C3=CCC([N+](=O)O)C=C3)s2)cc1. The quantitative estimate of drug-likeness (QED) is 0.208. The van der Waals surface area contributed by atoms with E-state index in [2.05, 4.69) is 25.8 Å². The zero-order valence-electron chi connectivity index (χ0n) is 25.5. The molecule has 2 N–H and O–H groups in total. The Bertz CT molecular complexity index is 1880. The summed E-state index contributed by atoms with van der Waals surface area (Å²) in [5, 5.41) is 20.3. The first-order chi connectivity index (χ1) is 21.1. The van der Waals surface area contributed by atoms with Gasteiger partial charge in [0.15, 0.2) is 16.7 Å². The van der Waals surface area contributed by atoms with Gasteiger partial charge in [-0.25, -0.2) is 18.6 Å². The summed E-state index contributed by atoms with van der Waals surface area (Å²) in [6.07, 6.45) is 4.96. The van der Waals surface area contributed by atoms with E-state index in [-0.39, 0.29) is 42.5 Å². The van der Waals surface area contributed by atoms with Crippen LogP contribution in [0, 0.1) is 4.91 Å². The molecule has 5 rings (SSSR count). The Morgan fingerprint density at radius 1 is 1.09 bits per heavy atom. The minimum absolute atomic E-state index is 0.0181. The predicted octanol–water partition coefficient (Wildman–Crippen LogP) is 6.50. The summed E-state index contributed by atoms with van der Waals surface area (Å²) >= 11 is 0.725. The number of carbonyl (C=O) groups is 2. The molecule has 1 aromatic heterocycles. The number of benzene rings is 2. The zero-order chi connectivity index (χ0) is 32.8. The van der Waals surface area contributed by atoms with Gasteiger partial charge in [0, 0.05) is 12.0 Å². The molecule has 2 aromatic carbocycles. The van der Waals surface area contributed by atoms with Crippen LogP contribution in [-0.2, 0) is 20.0 Å². The molecule has 2 unspecified atom stereocenters. The van der Waals surface area contributed by atoms with Crippen LogP contribution in [0.1, 0.15) is 80.0 Å². The average molecular weight is 649 g/mol. The van der Waals surface area contributed by atoms with Crippen molar-refractivity contribution in [3.8, 4) is 0 Å². The third-order valence-corrected chi connectivity index (χ3v) is 11.2. The van der Waals surface area contributed by atoms with Gasteiger partial charge in [0.2, 0.25) is 14.8 Å². The molecule has 10 nitrogen and oxygen atoms in total. The largest absolute Gasteiger partial charge is 0.503 e. The molecule has 1 aliphatic carbocycles. The highest BCUT2D eigenvalue weighted by atomic mass is 32.2. The van der Waals surface area contributed by atoms with Crippen LogP contribution < -0.4 is 4.90 Å². The Balaban J connectivity index is 1.56. The Morgan fingerprint density at radius 2 is 1.73 bits per heavy atom. The first-order valence-corrected chi connectivity index (χ1v) is 16.7. The molecule has 1 amide bonds. The van der Waals surface area contributed by atoms with E-state index in [0.717, 1.165) is 33.6 Å². The fourth-order valence-electron chi connectivity index (χ4n) is 5.25. The molecular formula is C33H34N3O7S2+. The van der Waals surface area contributed by atoms with Gasteiger partial charge < -0.3 is 5.11 Å². The van der Waals surface area contributed by atoms with Crippen molar-refractivity contribution in [3.63, 3.8) is 0 Å². The number of ketones is 1. The van der Waals surface area contributed by atoms with Crippen LogP contribution in [0.25, 0.3) is 0 Å². The molecular weight excluding hydrogens is 615 g/mol. The van der Waals surface area contributed by atoms with Crippen molar-refractivity contribution in [2.24, 2.45) is 0 Å². The molecule has 2 aliphatic rings. The maximum atomic E-state index is 14.0. The van der Waals surface area contributed by atoms with E-state index in [1.54, 1.807) is 24.3 Å². The lowest BCUT2D eigenvalue weighted by Crippen LogP contribution is -2.31. The van der Waals surface area contributed by atoms with Crippen LogP contribution >= 0.6 is 11.3 Å². The van der Waals surface area contributed by atoms with Gasteiger partial charge in [0.25, 0.3) is 11.9 Å². The smallest absolute Gasteiger partial charge is 0.296 e. The lowest BCUT2D eigenvalue weighted by atomic mass is 9.85. The fourth-order valence-corrected chi connectivity index (χ4v) is 7.87. The van der Waals surface area contributed by atoms with Gasteiger partial charge in [0.1, 0.15) is 4.21 Å². The zero-order valence-corrected chi connectivity index (χ0v) is 27.1. The van der Waals surface area contributed by atoms with Gasteiger partial charge in [-0.15, -0.1) is 0 Å². The van der Waals surface area contributed by atoms with Crippen molar-refractivity contribution in [2.75, 3.05) is 4.90 Å². The summed E-state index contributed by atoms with van der Waals surface area (Å²) in [7, 11) is -4.09. The summed E-state index contributed by atoms with van der Waals surface area (Å²) in [6, 6.07) is 12.4. The van der Waals surface area contributed by atoms with E-state index in [0.29, 0.717) is 11.1 Å². The minimum Gasteiger partial charge on any atom is -0.503 e. The molecule has 12 heteroatoms. The Morgan fingerprint density at radius 3 is 2.27 bits per heavy atom. The molecule has 0 saturated heterocycles. The minimum atomic E-state index is -4.09. The van der Waals surface area contributed by atoms with Crippen molar-refractivity contribution < 1.29 is 33.2 Å². The second-order valence-electron chi connectivity index (χ2n) is 12.4. The number of hydrogen-bond acceptors (Lipinski definition) is 8. The number of thiazole rings is 1. The number of carbonyl (C=O) groups excluding carboxylic acids is 2. The number of aliphatic hydroxyl groups is 1. The first-order valence-electron chi connectivity index (χ1n) is 14.4. The van der Waals surface area contributed by atoms with Crippen LogP contribution in [0.3, 0.4) is 0 Å². The number of hydrogen-bond donors (Lipinski definition) is 2. The second kappa shape index (κ2) is 11.8. The highest BCUT2D eigenvalue weighted by molar-refractivity contribution is 7.97. The number of amides is 1. The van der Waals surface area contributed by atoms with Crippen LogP contribution in [0.2, 0.25) is 0 Å².